The molecular formula is C13H20N4O2. The van der Waals surface area contributed by atoms with E-state index in [0.29, 0.717) is 25.9 Å². The molecule has 104 valence electrons. The predicted octanol–water partition coefficient (Wildman–Crippen LogP) is 0.306. The monoisotopic (exact) mass is 264 g/mol. The van der Waals surface area contributed by atoms with Gasteiger partial charge < -0.3 is 10.2 Å². The minimum atomic E-state index is -0.339. The van der Waals surface area contributed by atoms with Gasteiger partial charge >= 0.3 is 0 Å². The summed E-state index contributed by atoms with van der Waals surface area (Å²) in [6, 6.07) is -0.339. The zero-order valence-corrected chi connectivity index (χ0v) is 11.6. The van der Waals surface area contributed by atoms with E-state index in [1.165, 1.54) is 0 Å². The molecule has 0 aliphatic carbocycles. The van der Waals surface area contributed by atoms with Crippen molar-refractivity contribution in [2.45, 2.75) is 39.7 Å². The Morgan fingerprint density at radius 2 is 2.21 bits per heavy atom. The molecule has 0 aromatic carbocycles. The maximum atomic E-state index is 12.4. The maximum absolute atomic E-state index is 12.4. The molecule has 1 saturated heterocycles. The van der Waals surface area contributed by atoms with Crippen LogP contribution >= 0.6 is 0 Å². The first-order valence-corrected chi connectivity index (χ1v) is 6.62. The van der Waals surface area contributed by atoms with Crippen LogP contribution in [0.2, 0.25) is 0 Å². The van der Waals surface area contributed by atoms with Gasteiger partial charge in [0.2, 0.25) is 11.8 Å². The van der Waals surface area contributed by atoms with Gasteiger partial charge in [0.15, 0.2) is 0 Å². The normalized spacial score (nSPS) is 19.4. The fourth-order valence-electron chi connectivity index (χ4n) is 2.51. The summed E-state index contributed by atoms with van der Waals surface area (Å²) in [6.45, 7) is 6.82. The Hall–Kier alpha value is -1.85. The third kappa shape index (κ3) is 2.62. The van der Waals surface area contributed by atoms with Crippen LogP contribution in [0.3, 0.4) is 0 Å². The summed E-state index contributed by atoms with van der Waals surface area (Å²) in [5.74, 6) is -0.0583. The summed E-state index contributed by atoms with van der Waals surface area (Å²) in [5, 5.41) is 9.77. The fraction of sp³-hybridized carbons (Fsp3) is 0.615. The van der Waals surface area contributed by atoms with E-state index in [-0.39, 0.29) is 17.9 Å². The number of aryl methyl sites for hydroxylation is 2. The molecule has 0 bridgehead atoms. The van der Waals surface area contributed by atoms with Gasteiger partial charge in [-0.15, -0.1) is 0 Å². The maximum Gasteiger partial charge on any atom is 0.242 e. The molecule has 1 aliphatic rings. The minimum Gasteiger partial charge on any atom is -0.353 e. The molecule has 1 fully saturated rings. The van der Waals surface area contributed by atoms with E-state index in [9.17, 15) is 9.59 Å². The number of hydrogen-bond donors (Lipinski definition) is 2. The quantitative estimate of drug-likeness (QED) is 0.824. The Morgan fingerprint density at radius 1 is 1.47 bits per heavy atom. The standard InChI is InChI=1S/C13H20N4O2/c1-4-11-13(19)14-5-6-17(11)12(18)7-10-8(2)15-16-9(10)3/h11H,4-7H2,1-3H3,(H,14,19)(H,15,16). The second-order valence-electron chi connectivity index (χ2n) is 4.89. The second-order valence-corrected chi connectivity index (χ2v) is 4.89. The number of aromatic amines is 1. The van der Waals surface area contributed by atoms with Gasteiger partial charge in [0.25, 0.3) is 0 Å². The van der Waals surface area contributed by atoms with Crippen LogP contribution in [0.1, 0.15) is 30.3 Å². The Morgan fingerprint density at radius 3 is 2.79 bits per heavy atom. The molecule has 0 radical (unpaired) electrons. The number of aromatic nitrogens is 2. The zero-order valence-electron chi connectivity index (χ0n) is 11.6. The molecule has 6 heteroatoms. The van der Waals surface area contributed by atoms with E-state index in [1.807, 2.05) is 20.8 Å². The van der Waals surface area contributed by atoms with Crippen LogP contribution in [0.15, 0.2) is 0 Å². The number of piperazine rings is 1. The van der Waals surface area contributed by atoms with Gasteiger partial charge in [-0.05, 0) is 20.3 Å². The van der Waals surface area contributed by atoms with Crippen molar-refractivity contribution in [2.24, 2.45) is 0 Å². The van der Waals surface area contributed by atoms with Gasteiger partial charge in [-0.25, -0.2) is 0 Å². The summed E-state index contributed by atoms with van der Waals surface area (Å²) >= 11 is 0. The molecule has 0 saturated carbocycles. The molecule has 1 aromatic rings. The molecule has 1 unspecified atom stereocenters. The third-order valence-electron chi connectivity index (χ3n) is 3.65. The van der Waals surface area contributed by atoms with Crippen LogP contribution in [0.5, 0.6) is 0 Å². The number of carbonyl (C=O) groups is 2. The third-order valence-corrected chi connectivity index (χ3v) is 3.65. The molecule has 0 spiro atoms. The number of nitrogens with one attached hydrogen (secondary N) is 2. The van der Waals surface area contributed by atoms with Crippen LogP contribution in [0.4, 0.5) is 0 Å². The van der Waals surface area contributed by atoms with Crippen molar-refractivity contribution in [3.8, 4) is 0 Å². The van der Waals surface area contributed by atoms with Crippen LogP contribution in [-0.2, 0) is 16.0 Å². The molecule has 2 amide bonds. The van der Waals surface area contributed by atoms with Crippen LogP contribution < -0.4 is 5.32 Å². The number of rotatable bonds is 3. The first-order valence-electron chi connectivity index (χ1n) is 6.62. The SMILES string of the molecule is CCC1C(=O)NCCN1C(=O)Cc1c(C)n[nH]c1C. The lowest BCUT2D eigenvalue weighted by Gasteiger charge is -2.34. The molecule has 2 heterocycles. The lowest BCUT2D eigenvalue weighted by atomic mass is 10.1. The number of H-pyrrole nitrogens is 1. The number of carbonyl (C=O) groups excluding carboxylic acids is 2. The van der Waals surface area contributed by atoms with Crippen LogP contribution in [0, 0.1) is 13.8 Å². The molecule has 1 aromatic heterocycles. The average Bonchev–Trinajstić information content (AvgIpc) is 2.70. The van der Waals surface area contributed by atoms with Crippen molar-refractivity contribution in [1.82, 2.24) is 20.4 Å². The van der Waals surface area contributed by atoms with Crippen LogP contribution in [-0.4, -0.2) is 46.0 Å². The van der Waals surface area contributed by atoms with Crippen molar-refractivity contribution < 1.29 is 9.59 Å². The summed E-state index contributed by atoms with van der Waals surface area (Å²) in [5.41, 5.74) is 2.70. The summed E-state index contributed by atoms with van der Waals surface area (Å²) in [6.07, 6.45) is 0.943. The van der Waals surface area contributed by atoms with Gasteiger partial charge in [0, 0.05) is 24.3 Å². The highest BCUT2D eigenvalue weighted by molar-refractivity contribution is 5.89. The van der Waals surface area contributed by atoms with Gasteiger partial charge in [-0.2, -0.15) is 5.10 Å². The smallest absolute Gasteiger partial charge is 0.242 e. The van der Waals surface area contributed by atoms with Crippen molar-refractivity contribution in [1.29, 1.82) is 0 Å². The lowest BCUT2D eigenvalue weighted by molar-refractivity contribution is -0.142. The zero-order chi connectivity index (χ0) is 14.0. The van der Waals surface area contributed by atoms with E-state index in [0.717, 1.165) is 17.0 Å². The average molecular weight is 264 g/mol. The first-order chi connectivity index (χ1) is 9.04. The van der Waals surface area contributed by atoms with Crippen molar-refractivity contribution in [3.05, 3.63) is 17.0 Å². The second kappa shape index (κ2) is 5.42. The van der Waals surface area contributed by atoms with E-state index >= 15 is 0 Å². The Kier molecular flexibility index (Phi) is 3.87. The lowest BCUT2D eigenvalue weighted by Crippen LogP contribution is -2.57. The number of nitrogens with zero attached hydrogens (tertiary/aromatic N) is 2. The van der Waals surface area contributed by atoms with Gasteiger partial charge in [-0.3, -0.25) is 14.7 Å². The van der Waals surface area contributed by atoms with E-state index in [2.05, 4.69) is 15.5 Å². The highest BCUT2D eigenvalue weighted by Gasteiger charge is 2.31. The van der Waals surface area contributed by atoms with Gasteiger partial charge in [0.05, 0.1) is 12.1 Å². The Bertz CT molecular complexity index is 475. The van der Waals surface area contributed by atoms with E-state index in [1.54, 1.807) is 4.90 Å². The number of hydrogen-bond acceptors (Lipinski definition) is 3. The summed E-state index contributed by atoms with van der Waals surface area (Å²) in [7, 11) is 0. The van der Waals surface area contributed by atoms with Crippen molar-refractivity contribution in [3.63, 3.8) is 0 Å². The Labute approximate surface area is 112 Å². The van der Waals surface area contributed by atoms with E-state index < -0.39 is 0 Å². The largest absolute Gasteiger partial charge is 0.353 e. The summed E-state index contributed by atoms with van der Waals surface area (Å²) in [4.78, 5) is 25.8. The molecule has 2 N–H and O–H groups in total. The van der Waals surface area contributed by atoms with Crippen LogP contribution in [0.25, 0.3) is 0 Å². The minimum absolute atomic E-state index is 0.00528. The highest BCUT2D eigenvalue weighted by atomic mass is 16.2. The van der Waals surface area contributed by atoms with Gasteiger partial charge in [-0.1, -0.05) is 6.92 Å². The first kappa shape index (κ1) is 13.6. The summed E-state index contributed by atoms with van der Waals surface area (Å²) < 4.78 is 0. The van der Waals surface area contributed by atoms with Crippen molar-refractivity contribution >= 4 is 11.8 Å². The van der Waals surface area contributed by atoms with E-state index in [4.69, 9.17) is 0 Å². The molecule has 19 heavy (non-hydrogen) atoms. The molecule has 1 aliphatic heterocycles. The van der Waals surface area contributed by atoms with Gasteiger partial charge in [0.1, 0.15) is 6.04 Å². The highest BCUT2D eigenvalue weighted by Crippen LogP contribution is 2.15. The van der Waals surface area contributed by atoms with Crippen molar-refractivity contribution in [2.75, 3.05) is 13.1 Å². The topological polar surface area (TPSA) is 78.1 Å². The number of amides is 2. The molecular weight excluding hydrogens is 244 g/mol. The Balaban J connectivity index is 2.13. The predicted molar refractivity (Wildman–Crippen MR) is 70.6 cm³/mol. The fourth-order valence-corrected chi connectivity index (χ4v) is 2.51. The molecule has 2 rings (SSSR count). The molecule has 1 atom stereocenters. The molecule has 6 nitrogen and oxygen atoms in total.